The summed E-state index contributed by atoms with van der Waals surface area (Å²) in [6.07, 6.45) is 0.591. The molecule has 1 aliphatic heterocycles. The topological polar surface area (TPSA) is 209 Å². The molecule has 10 N–H and O–H groups in total. The zero-order valence-corrected chi connectivity index (χ0v) is 38.7. The van der Waals surface area contributed by atoms with Crippen molar-refractivity contribution in [3.63, 3.8) is 0 Å². The van der Waals surface area contributed by atoms with Gasteiger partial charge in [0.05, 0.1) is 22.0 Å². The zero-order chi connectivity index (χ0) is 48.6. The second-order valence-corrected chi connectivity index (χ2v) is 19.3. The molecule has 12 nitrogen and oxygen atoms in total. The van der Waals surface area contributed by atoms with Gasteiger partial charge in [0.25, 0.3) is 0 Å². The number of aromatic hydroxyl groups is 10. The van der Waals surface area contributed by atoms with Crippen LogP contribution in [0.4, 0.5) is 28.4 Å². The third-order valence-corrected chi connectivity index (χ3v) is 16.0. The first-order valence-electron chi connectivity index (χ1n) is 22.4. The lowest BCUT2D eigenvalue weighted by molar-refractivity contribution is 0.329. The molecule has 0 fully saturated rings. The highest BCUT2D eigenvalue weighted by molar-refractivity contribution is 7.26. The summed E-state index contributed by atoms with van der Waals surface area (Å²) in [5.74, 6) is -9.06. The van der Waals surface area contributed by atoms with Crippen molar-refractivity contribution in [1.82, 2.24) is 0 Å². The summed E-state index contributed by atoms with van der Waals surface area (Å²) < 4.78 is 2.71. The van der Waals surface area contributed by atoms with Crippen molar-refractivity contribution in [3.8, 4) is 79.7 Å². The van der Waals surface area contributed by atoms with E-state index in [1.54, 1.807) is 47.7 Å². The van der Waals surface area contributed by atoms with E-state index in [4.69, 9.17) is 0 Å². The van der Waals surface area contributed by atoms with Crippen LogP contribution in [0.15, 0.2) is 127 Å². The molecular formula is C56H40N2O10S2. The van der Waals surface area contributed by atoms with Gasteiger partial charge in [-0.15, -0.1) is 22.7 Å². The van der Waals surface area contributed by atoms with E-state index in [2.05, 4.69) is 53.4 Å². The van der Waals surface area contributed by atoms with Crippen molar-refractivity contribution in [1.29, 1.82) is 0 Å². The molecule has 14 heteroatoms. The van der Waals surface area contributed by atoms with Crippen molar-refractivity contribution < 1.29 is 51.1 Å². The molecule has 0 radical (unpaired) electrons. The van der Waals surface area contributed by atoms with Gasteiger partial charge in [0.15, 0.2) is 23.0 Å². The third-order valence-electron chi connectivity index (χ3n) is 13.6. The molecule has 0 spiro atoms. The number of rotatable bonds is 5. The summed E-state index contributed by atoms with van der Waals surface area (Å²) in [6, 6.07) is 41.1. The normalized spacial score (nSPS) is 13.6. The Morgan fingerprint density at radius 2 is 1.11 bits per heavy atom. The lowest BCUT2D eigenvalue weighted by Crippen LogP contribution is -2.23. The van der Waals surface area contributed by atoms with E-state index in [9.17, 15) is 51.1 Å². The highest BCUT2D eigenvalue weighted by Crippen LogP contribution is 2.64. The Morgan fingerprint density at radius 3 is 1.83 bits per heavy atom. The first kappa shape index (κ1) is 42.6. The standard InChI is InChI=1S/C54H34N2O10S2.C2H6/c57-43-40(44(58)48(62)51(65)47(43)61)31-12-6-11-30-38-29-17-14-25-20-33-32-21-28(55(26-9-2-1-3-10-26)42-45(59)49(63)52(66)50(64)46(42)60)16-18-35(32)67-54(33)41-37(25)39(29)34(22-36(38)68-53(30)31)56(41)27-15-13-23-7-4-5-8-24(23)19-27;1-2/h1-21,34,57-66H,22H2;1-2H3. The van der Waals surface area contributed by atoms with Gasteiger partial charge in [0, 0.05) is 70.4 Å². The maximum atomic E-state index is 11.2. The molecule has 346 valence electrons. The maximum Gasteiger partial charge on any atom is 0.208 e. The van der Waals surface area contributed by atoms with Crippen molar-refractivity contribution in [2.45, 2.75) is 26.3 Å². The quantitative estimate of drug-likeness (QED) is 0.0577. The number of phenols is 10. The second kappa shape index (κ2) is 15.4. The Hall–Kier alpha value is -8.72. The predicted molar refractivity (Wildman–Crippen MR) is 278 cm³/mol. The molecule has 2 aromatic heterocycles. The summed E-state index contributed by atoms with van der Waals surface area (Å²) >= 11 is 3.15. The summed E-state index contributed by atoms with van der Waals surface area (Å²) in [5, 5.41) is 115. The fourth-order valence-electron chi connectivity index (χ4n) is 10.6. The average Bonchev–Trinajstić information content (AvgIpc) is 4.07. The minimum atomic E-state index is -1.05. The summed E-state index contributed by atoms with van der Waals surface area (Å²) in [6.45, 7) is 4.00. The Balaban J connectivity index is 0.00000249. The van der Waals surface area contributed by atoms with E-state index in [0.29, 0.717) is 23.4 Å². The van der Waals surface area contributed by atoms with Crippen LogP contribution in [0.5, 0.6) is 57.5 Å². The molecule has 0 bridgehead atoms. The van der Waals surface area contributed by atoms with Crippen LogP contribution in [0.2, 0.25) is 0 Å². The van der Waals surface area contributed by atoms with Crippen LogP contribution in [0, 0.1) is 0 Å². The highest BCUT2D eigenvalue weighted by atomic mass is 32.1. The fourth-order valence-corrected chi connectivity index (χ4v) is 13.1. The number of hydrogen-bond acceptors (Lipinski definition) is 14. The van der Waals surface area contributed by atoms with Gasteiger partial charge >= 0.3 is 0 Å². The monoisotopic (exact) mass is 964 g/mol. The lowest BCUT2D eigenvalue weighted by Gasteiger charge is -2.32. The molecule has 70 heavy (non-hydrogen) atoms. The van der Waals surface area contributed by atoms with E-state index in [1.807, 2.05) is 56.3 Å². The van der Waals surface area contributed by atoms with E-state index >= 15 is 0 Å². The van der Waals surface area contributed by atoms with Gasteiger partial charge in [-0.2, -0.15) is 0 Å². The van der Waals surface area contributed by atoms with E-state index in [-0.39, 0.29) is 17.3 Å². The summed E-state index contributed by atoms with van der Waals surface area (Å²) in [5.41, 5.74) is 6.08. The summed E-state index contributed by atoms with van der Waals surface area (Å²) in [7, 11) is 0. The molecule has 9 aromatic carbocycles. The van der Waals surface area contributed by atoms with Crippen LogP contribution in [-0.4, -0.2) is 51.1 Å². The van der Waals surface area contributed by atoms with Crippen molar-refractivity contribution in [2.75, 3.05) is 9.80 Å². The number of hydrogen-bond donors (Lipinski definition) is 10. The third kappa shape index (κ3) is 5.74. The minimum Gasteiger partial charge on any atom is -0.504 e. The molecular weight excluding hydrogens is 925 g/mol. The Morgan fingerprint density at radius 1 is 0.471 bits per heavy atom. The zero-order valence-electron chi connectivity index (χ0n) is 37.1. The summed E-state index contributed by atoms with van der Waals surface area (Å²) in [4.78, 5) is 5.01. The first-order chi connectivity index (χ1) is 33.9. The average molecular weight is 965 g/mol. The van der Waals surface area contributed by atoms with Crippen LogP contribution >= 0.6 is 22.7 Å². The number of nitrogens with zero attached hydrogens (tertiary/aromatic N) is 2. The van der Waals surface area contributed by atoms with Gasteiger partial charge < -0.3 is 60.9 Å². The molecule has 3 heterocycles. The molecule has 0 amide bonds. The number of fused-ring (bicyclic) bond motifs is 9. The van der Waals surface area contributed by atoms with Gasteiger partial charge in [0.2, 0.25) is 34.5 Å². The molecule has 0 saturated heterocycles. The number of anilines is 5. The maximum absolute atomic E-state index is 11.2. The molecule has 1 atom stereocenters. The lowest BCUT2D eigenvalue weighted by atomic mass is 9.83. The molecule has 1 unspecified atom stereocenters. The van der Waals surface area contributed by atoms with Crippen LogP contribution in [0.25, 0.3) is 74.1 Å². The molecule has 13 rings (SSSR count). The number of phenolic OH excluding ortho intramolecular Hbond substituents is 10. The van der Waals surface area contributed by atoms with Gasteiger partial charge in [-0.25, -0.2) is 0 Å². The predicted octanol–water partition coefficient (Wildman–Crippen LogP) is 14.2. The van der Waals surface area contributed by atoms with Crippen LogP contribution in [0.1, 0.15) is 30.3 Å². The van der Waals surface area contributed by atoms with Crippen molar-refractivity contribution in [2.24, 2.45) is 0 Å². The SMILES string of the molecule is CC.Oc1c(O)c(O)c(-c2cccc3c4c(sc23)CC2c3c-4ccc4cc5c(sc6ccc(N(c7ccccc7)c7c(O)c(O)c(O)c(O)c7O)cc65)c(c34)N2c2ccc3ccccc3c2)c(O)c1O. The highest BCUT2D eigenvalue weighted by Gasteiger charge is 2.42. The first-order valence-corrected chi connectivity index (χ1v) is 24.1. The minimum absolute atomic E-state index is 0.168. The van der Waals surface area contributed by atoms with Gasteiger partial charge in [0.1, 0.15) is 5.69 Å². The number of para-hydroxylation sites is 1. The largest absolute Gasteiger partial charge is 0.504 e. The number of thiophene rings is 2. The molecule has 2 aliphatic rings. The Kier molecular flexibility index (Phi) is 9.38. The van der Waals surface area contributed by atoms with E-state index in [1.165, 1.54) is 16.2 Å². The Labute approximate surface area is 405 Å². The van der Waals surface area contributed by atoms with Crippen LogP contribution in [-0.2, 0) is 6.42 Å². The van der Waals surface area contributed by atoms with Crippen molar-refractivity contribution >= 4 is 103 Å². The fraction of sp³-hybridized carbons (Fsp3) is 0.0714. The molecule has 1 aliphatic carbocycles. The number of benzene rings is 9. The Bertz CT molecular complexity index is 4000. The van der Waals surface area contributed by atoms with Gasteiger partial charge in [-0.1, -0.05) is 92.7 Å². The molecule has 0 saturated carbocycles. The smallest absolute Gasteiger partial charge is 0.208 e. The van der Waals surface area contributed by atoms with E-state index in [0.717, 1.165) is 84.7 Å². The molecule has 11 aromatic rings. The van der Waals surface area contributed by atoms with Crippen molar-refractivity contribution in [3.05, 3.63) is 138 Å². The van der Waals surface area contributed by atoms with Crippen LogP contribution in [0.3, 0.4) is 0 Å². The van der Waals surface area contributed by atoms with Gasteiger partial charge in [-0.05, 0) is 75.8 Å². The van der Waals surface area contributed by atoms with Crippen LogP contribution < -0.4 is 9.80 Å². The van der Waals surface area contributed by atoms with E-state index < -0.39 is 57.5 Å². The van der Waals surface area contributed by atoms with Gasteiger partial charge in [-0.3, -0.25) is 0 Å². The second-order valence-electron chi connectivity index (χ2n) is 17.1.